The van der Waals surface area contributed by atoms with E-state index >= 15 is 0 Å². The summed E-state index contributed by atoms with van der Waals surface area (Å²) in [4.78, 5) is 51.5. The van der Waals surface area contributed by atoms with Crippen molar-refractivity contribution >= 4 is 23.9 Å². The highest BCUT2D eigenvalue weighted by Crippen LogP contribution is 2.70. The third-order valence-electron chi connectivity index (χ3n) is 13.2. The molecule has 0 aliphatic heterocycles. The molecule has 0 aromatic heterocycles. The molecule has 11 nitrogen and oxygen atoms in total. The highest BCUT2D eigenvalue weighted by molar-refractivity contribution is 5.71. The molecule has 4 rings (SSSR count). The van der Waals surface area contributed by atoms with Crippen LogP contribution in [0.15, 0.2) is 0 Å². The Kier molecular flexibility index (Phi) is 16.3. The molecule has 11 heteroatoms. The normalized spacial score (nSPS) is 32.2. The number of carbonyl (C=O) groups is 4. The predicted molar refractivity (Wildman–Crippen MR) is 199 cm³/mol. The van der Waals surface area contributed by atoms with E-state index < -0.39 is 11.5 Å². The fourth-order valence-corrected chi connectivity index (χ4v) is 10.5. The van der Waals surface area contributed by atoms with E-state index in [4.69, 9.17) is 36.1 Å². The van der Waals surface area contributed by atoms with Crippen molar-refractivity contribution in [2.75, 3.05) is 26.2 Å². The summed E-state index contributed by atoms with van der Waals surface area (Å²) in [6.45, 7) is 10.1. The van der Waals surface area contributed by atoms with Crippen molar-refractivity contribution in [3.05, 3.63) is 11.8 Å². The Labute approximate surface area is 312 Å². The van der Waals surface area contributed by atoms with Gasteiger partial charge in [0.05, 0.1) is 25.9 Å². The smallest absolute Gasteiger partial charge is 0.307 e. The second-order valence-corrected chi connectivity index (χ2v) is 16.5. The van der Waals surface area contributed by atoms with Gasteiger partial charge in [-0.2, -0.15) is 0 Å². The van der Waals surface area contributed by atoms with Crippen LogP contribution < -0.4 is 17.2 Å². The number of esters is 4. The first kappa shape index (κ1) is 42.5. The number of ether oxygens (including phenoxy) is 4. The van der Waals surface area contributed by atoms with Crippen molar-refractivity contribution in [2.24, 2.45) is 51.7 Å². The Morgan fingerprint density at radius 3 is 2.06 bits per heavy atom. The maximum atomic E-state index is 13.2. The third kappa shape index (κ3) is 10.1. The summed E-state index contributed by atoms with van der Waals surface area (Å²) in [7, 11) is 0. The Morgan fingerprint density at radius 2 is 1.38 bits per heavy atom. The van der Waals surface area contributed by atoms with Gasteiger partial charge in [-0.05, 0) is 92.8 Å². The Hall–Kier alpha value is -2.24. The quantitative estimate of drug-likeness (QED) is 0.0772. The number of hydrogen-bond acceptors (Lipinski definition) is 11. The minimum Gasteiger partial charge on any atom is -0.466 e. The van der Waals surface area contributed by atoms with Gasteiger partial charge in [-0.1, -0.05) is 59.8 Å². The van der Waals surface area contributed by atoms with Gasteiger partial charge >= 0.3 is 23.9 Å². The molecule has 4 saturated carbocycles. The van der Waals surface area contributed by atoms with Gasteiger partial charge in [0.15, 0.2) is 0 Å². The first-order chi connectivity index (χ1) is 24.9. The Bertz CT molecular complexity index is 1180. The molecule has 6 N–H and O–H groups in total. The minimum absolute atomic E-state index is 0.0207. The van der Waals surface area contributed by atoms with Crippen LogP contribution >= 0.6 is 0 Å². The molecule has 0 aromatic carbocycles. The van der Waals surface area contributed by atoms with E-state index in [0.717, 1.165) is 38.5 Å². The molecule has 4 aliphatic carbocycles. The standard InChI is InChI=1S/C41H69N3O8/c1-5-6-7-8-9-10-23-49-35(45)14-11-27(2)30-12-13-31-39-32(26-34(41(30,31)4)52-38(48)18-22-44)40(3)19-15-29(50-36(46)16-20-42)24-28(40)25-33(39)51-37(47)17-21-43/h27,29-34H,5-26,42-44H2,1-4H3/t27-,29-,30-,31+,32+,33-,34+,40+,41-/m1/s1. The first-order valence-corrected chi connectivity index (χ1v) is 20.5. The zero-order chi connectivity index (χ0) is 37.9. The van der Waals surface area contributed by atoms with E-state index in [1.807, 2.05) is 0 Å². The summed E-state index contributed by atoms with van der Waals surface area (Å²) in [5.74, 6) is 1.90. The highest BCUT2D eigenvalue weighted by Gasteiger charge is 2.68. The average molecular weight is 732 g/mol. The lowest BCUT2D eigenvalue weighted by molar-refractivity contribution is -0.179. The van der Waals surface area contributed by atoms with E-state index in [9.17, 15) is 19.2 Å². The van der Waals surface area contributed by atoms with Crippen LogP contribution in [0.25, 0.3) is 0 Å². The molecule has 4 aliphatic rings. The maximum absolute atomic E-state index is 13.2. The van der Waals surface area contributed by atoms with Crippen LogP contribution in [0.2, 0.25) is 0 Å². The first-order valence-electron chi connectivity index (χ1n) is 20.5. The molecule has 0 bridgehead atoms. The van der Waals surface area contributed by atoms with E-state index in [1.54, 1.807) is 0 Å². The molecule has 2 radical (unpaired) electrons. The fourth-order valence-electron chi connectivity index (χ4n) is 10.5. The lowest BCUT2D eigenvalue weighted by Gasteiger charge is -2.63. The van der Waals surface area contributed by atoms with Gasteiger partial charge in [-0.3, -0.25) is 19.2 Å². The minimum atomic E-state index is -0.429. The molecular formula is C41H69N3O8. The molecule has 0 aromatic rings. The molecular weight excluding hydrogens is 662 g/mol. The number of fused-ring (bicyclic) bond motifs is 5. The molecule has 0 saturated heterocycles. The number of unbranched alkanes of at least 4 members (excludes halogenated alkanes) is 5. The Balaban J connectivity index is 1.56. The zero-order valence-electron chi connectivity index (χ0n) is 32.6. The molecule has 52 heavy (non-hydrogen) atoms. The van der Waals surface area contributed by atoms with Crippen LogP contribution in [0, 0.1) is 46.3 Å². The fraction of sp³-hybridized carbons (Fsp3) is 0.854. The second-order valence-electron chi connectivity index (χ2n) is 16.5. The van der Waals surface area contributed by atoms with Crippen LogP contribution in [-0.4, -0.2) is 68.4 Å². The van der Waals surface area contributed by atoms with Crippen LogP contribution in [0.1, 0.15) is 143 Å². The molecule has 9 atom stereocenters. The van der Waals surface area contributed by atoms with Gasteiger partial charge in [-0.25, -0.2) is 0 Å². The van der Waals surface area contributed by atoms with Gasteiger partial charge < -0.3 is 36.1 Å². The zero-order valence-corrected chi connectivity index (χ0v) is 32.6. The van der Waals surface area contributed by atoms with Gasteiger partial charge in [0.25, 0.3) is 0 Å². The number of rotatable bonds is 20. The summed E-state index contributed by atoms with van der Waals surface area (Å²) in [5, 5.41) is 0. The summed E-state index contributed by atoms with van der Waals surface area (Å²) in [6, 6.07) is 0. The summed E-state index contributed by atoms with van der Waals surface area (Å²) >= 11 is 0. The van der Waals surface area contributed by atoms with Crippen molar-refractivity contribution in [1.82, 2.24) is 0 Å². The van der Waals surface area contributed by atoms with Crippen LogP contribution in [-0.2, 0) is 38.1 Å². The number of hydrogen-bond donors (Lipinski definition) is 3. The molecule has 4 fully saturated rings. The van der Waals surface area contributed by atoms with E-state index in [0.29, 0.717) is 38.7 Å². The van der Waals surface area contributed by atoms with Crippen molar-refractivity contribution in [1.29, 1.82) is 0 Å². The number of nitrogens with two attached hydrogens (primary N) is 3. The topological polar surface area (TPSA) is 183 Å². The lowest BCUT2D eigenvalue weighted by Crippen LogP contribution is -2.62. The van der Waals surface area contributed by atoms with E-state index in [-0.39, 0.29) is 104 Å². The van der Waals surface area contributed by atoms with E-state index in [1.165, 1.54) is 37.5 Å². The lowest BCUT2D eigenvalue weighted by atomic mass is 9.43. The van der Waals surface area contributed by atoms with Crippen molar-refractivity contribution in [2.45, 2.75) is 162 Å². The monoisotopic (exact) mass is 732 g/mol. The van der Waals surface area contributed by atoms with Gasteiger partial charge in [0.1, 0.15) is 18.3 Å². The Morgan fingerprint density at radius 1 is 0.750 bits per heavy atom. The predicted octanol–water partition coefficient (Wildman–Crippen LogP) is 5.88. The van der Waals surface area contributed by atoms with Crippen molar-refractivity contribution < 1.29 is 38.1 Å². The van der Waals surface area contributed by atoms with E-state index in [2.05, 4.69) is 27.7 Å². The van der Waals surface area contributed by atoms with Gasteiger partial charge in [-0.15, -0.1) is 0 Å². The summed E-state index contributed by atoms with van der Waals surface area (Å²) in [6.07, 6.45) is 12.5. The SMILES string of the molecule is CCCCCCCCOC(=O)CC[C@@H](C)[C@H]1CC[C@H]2[C]3[C@H](OC(=O)CCN)C[C]4C[C@H](OC(=O)CCN)CC[C@]4(C)[C@H]3C[C@H](OC(=O)CCN)[C@]12C. The molecule has 0 heterocycles. The molecule has 0 spiro atoms. The average Bonchev–Trinajstić information content (AvgIpc) is 3.46. The van der Waals surface area contributed by atoms with Crippen molar-refractivity contribution in [3.8, 4) is 0 Å². The van der Waals surface area contributed by atoms with Gasteiger partial charge in [0, 0.05) is 37.4 Å². The third-order valence-corrected chi connectivity index (χ3v) is 13.2. The largest absolute Gasteiger partial charge is 0.466 e. The summed E-state index contributed by atoms with van der Waals surface area (Å²) in [5.41, 5.74) is 16.5. The molecule has 296 valence electrons. The number of carbonyl (C=O) groups excluding carboxylic acids is 4. The van der Waals surface area contributed by atoms with Crippen LogP contribution in [0.5, 0.6) is 0 Å². The maximum Gasteiger partial charge on any atom is 0.307 e. The highest BCUT2D eigenvalue weighted by atomic mass is 16.6. The molecule has 0 unspecified atom stereocenters. The second kappa shape index (κ2) is 19.9. The van der Waals surface area contributed by atoms with Crippen molar-refractivity contribution in [3.63, 3.8) is 0 Å². The summed E-state index contributed by atoms with van der Waals surface area (Å²) < 4.78 is 24.2. The van der Waals surface area contributed by atoms with Crippen LogP contribution in [0.4, 0.5) is 0 Å². The van der Waals surface area contributed by atoms with Crippen LogP contribution in [0.3, 0.4) is 0 Å². The van der Waals surface area contributed by atoms with Gasteiger partial charge in [0.2, 0.25) is 0 Å². The molecule has 0 amide bonds.